The Morgan fingerprint density at radius 2 is 1.59 bits per heavy atom. The predicted molar refractivity (Wildman–Crippen MR) is 106 cm³/mol. The van der Waals surface area contributed by atoms with E-state index < -0.39 is 34.5 Å². The van der Waals surface area contributed by atoms with Crippen molar-refractivity contribution in [1.29, 1.82) is 0 Å². The van der Waals surface area contributed by atoms with Crippen LogP contribution in [0, 0.1) is 0 Å². The van der Waals surface area contributed by atoms with E-state index in [1.165, 1.54) is 6.92 Å². The summed E-state index contributed by atoms with van der Waals surface area (Å²) in [6, 6.07) is 0. The minimum absolute atomic E-state index is 0.0544. The van der Waals surface area contributed by atoms with Crippen molar-refractivity contribution >= 4 is 5.97 Å². The zero-order valence-electron chi connectivity index (χ0n) is 18.7. The molecule has 0 bridgehead atoms. The third kappa shape index (κ3) is 4.64. The molecule has 3 heterocycles. The van der Waals surface area contributed by atoms with Gasteiger partial charge in [0.25, 0.3) is 0 Å². The van der Waals surface area contributed by atoms with Gasteiger partial charge in [-0.05, 0) is 73.1 Å². The van der Waals surface area contributed by atoms with E-state index in [0.717, 1.165) is 32.1 Å². The van der Waals surface area contributed by atoms with E-state index in [4.69, 9.17) is 18.9 Å². The number of carbonyl (C=O) groups is 1. The molecular formula is C22H38O7. The van der Waals surface area contributed by atoms with Crippen LogP contribution in [0.3, 0.4) is 0 Å². The van der Waals surface area contributed by atoms with Crippen LogP contribution in [0.15, 0.2) is 0 Å². The summed E-state index contributed by atoms with van der Waals surface area (Å²) in [7, 11) is 0. The number of aliphatic hydroxyl groups excluding tert-OH is 1. The zero-order valence-corrected chi connectivity index (χ0v) is 18.7. The molecule has 3 saturated heterocycles. The molecule has 0 amide bonds. The Bertz CT molecular complexity index is 617. The first kappa shape index (κ1) is 22.9. The number of carbonyl (C=O) groups excluding carboxylic acids is 1. The second kappa shape index (κ2) is 7.75. The van der Waals surface area contributed by atoms with Crippen LogP contribution < -0.4 is 0 Å². The highest BCUT2D eigenvalue weighted by molar-refractivity contribution is 5.65. The molecular weight excluding hydrogens is 376 g/mol. The third-order valence-corrected chi connectivity index (χ3v) is 7.24. The lowest BCUT2D eigenvalue weighted by Gasteiger charge is -2.38. The molecule has 7 nitrogen and oxygen atoms in total. The number of hydrogen-bond donors (Lipinski definition) is 2. The maximum atomic E-state index is 11.0. The average Bonchev–Trinajstić information content (AvgIpc) is 3.31. The molecule has 7 heteroatoms. The van der Waals surface area contributed by atoms with Crippen LogP contribution in [0.1, 0.15) is 80.1 Å². The van der Waals surface area contributed by atoms with Gasteiger partial charge < -0.3 is 29.2 Å². The number of hydrogen-bond acceptors (Lipinski definition) is 7. The van der Waals surface area contributed by atoms with Gasteiger partial charge in [-0.25, -0.2) is 0 Å². The molecule has 0 aromatic carbocycles. The smallest absolute Gasteiger partial charge is 0.302 e. The van der Waals surface area contributed by atoms with Gasteiger partial charge >= 0.3 is 5.97 Å². The van der Waals surface area contributed by atoms with Crippen molar-refractivity contribution in [3.63, 3.8) is 0 Å². The van der Waals surface area contributed by atoms with Crippen molar-refractivity contribution in [3.05, 3.63) is 0 Å². The Labute approximate surface area is 174 Å². The van der Waals surface area contributed by atoms with Gasteiger partial charge in [0.2, 0.25) is 0 Å². The SMILES string of the molecule is CC(=O)OC[C@H](O)[C@@]1(C)CC[C@H]([C@@]2(C)CC[C@@H]([C@]3(C)CC[C@H](C(C)(C)O)O3)O2)O1. The largest absolute Gasteiger partial charge is 0.463 e. The van der Waals surface area contributed by atoms with Gasteiger partial charge in [-0.3, -0.25) is 4.79 Å². The van der Waals surface area contributed by atoms with Gasteiger partial charge in [0.05, 0.1) is 40.7 Å². The van der Waals surface area contributed by atoms with Gasteiger partial charge in [-0.1, -0.05) is 0 Å². The Hall–Kier alpha value is -0.730. The fourth-order valence-corrected chi connectivity index (χ4v) is 5.03. The van der Waals surface area contributed by atoms with Gasteiger partial charge in [-0.2, -0.15) is 0 Å². The molecule has 0 aromatic heterocycles. The zero-order chi connectivity index (χ0) is 21.7. The highest BCUT2D eigenvalue weighted by atomic mass is 16.6. The third-order valence-electron chi connectivity index (χ3n) is 7.24. The van der Waals surface area contributed by atoms with Crippen molar-refractivity contribution < 1.29 is 34.0 Å². The van der Waals surface area contributed by atoms with Gasteiger partial charge in [0.1, 0.15) is 12.7 Å². The predicted octanol–water partition coefficient (Wildman–Crippen LogP) is 2.49. The molecule has 3 aliphatic heterocycles. The van der Waals surface area contributed by atoms with Crippen molar-refractivity contribution in [1.82, 2.24) is 0 Å². The molecule has 0 spiro atoms. The summed E-state index contributed by atoms with van der Waals surface area (Å²) in [6.45, 7) is 10.9. The second-order valence-corrected chi connectivity index (χ2v) is 10.3. The van der Waals surface area contributed by atoms with Gasteiger partial charge in [-0.15, -0.1) is 0 Å². The fraction of sp³-hybridized carbons (Fsp3) is 0.955. The van der Waals surface area contributed by atoms with Crippen molar-refractivity contribution in [2.75, 3.05) is 6.61 Å². The average molecular weight is 415 g/mol. The summed E-state index contributed by atoms with van der Waals surface area (Å²) in [6.07, 6.45) is 3.59. The molecule has 3 fully saturated rings. The van der Waals surface area contributed by atoms with E-state index in [1.54, 1.807) is 13.8 Å². The Morgan fingerprint density at radius 3 is 2.17 bits per heavy atom. The maximum Gasteiger partial charge on any atom is 0.302 e. The van der Waals surface area contributed by atoms with E-state index >= 15 is 0 Å². The van der Waals surface area contributed by atoms with E-state index in [9.17, 15) is 15.0 Å². The standard InChI is InChI=1S/C22H38O7/c1-14(23)26-13-15(24)20(4)10-8-17(28-20)22(6)12-9-18(29-22)21(5)11-7-16(27-21)19(2,3)25/h15-18,24-25H,7-13H2,1-6H3/t15-,16+,17+,18-,20+,21-,22+/m0/s1. The minimum Gasteiger partial charge on any atom is -0.463 e. The molecule has 29 heavy (non-hydrogen) atoms. The van der Waals surface area contributed by atoms with Crippen LogP contribution in [0.4, 0.5) is 0 Å². The lowest BCUT2D eigenvalue weighted by molar-refractivity contribution is -0.209. The molecule has 168 valence electrons. The van der Waals surface area contributed by atoms with Crippen LogP contribution in [0.25, 0.3) is 0 Å². The first-order chi connectivity index (χ1) is 13.3. The molecule has 0 radical (unpaired) electrons. The molecule has 3 aliphatic rings. The van der Waals surface area contributed by atoms with E-state index in [1.807, 2.05) is 6.92 Å². The Kier molecular flexibility index (Phi) is 6.13. The van der Waals surface area contributed by atoms with E-state index in [2.05, 4.69) is 13.8 Å². The van der Waals surface area contributed by atoms with Gasteiger partial charge in [0, 0.05) is 6.92 Å². The highest BCUT2D eigenvalue weighted by Crippen LogP contribution is 2.49. The molecule has 0 saturated carbocycles. The van der Waals surface area contributed by atoms with Crippen molar-refractivity contribution in [2.24, 2.45) is 0 Å². The number of ether oxygens (including phenoxy) is 4. The lowest BCUT2D eigenvalue weighted by atomic mass is 9.89. The quantitative estimate of drug-likeness (QED) is 0.645. The first-order valence-corrected chi connectivity index (χ1v) is 10.8. The van der Waals surface area contributed by atoms with Crippen LogP contribution >= 0.6 is 0 Å². The summed E-state index contributed by atoms with van der Waals surface area (Å²) in [4.78, 5) is 11.0. The van der Waals surface area contributed by atoms with Crippen LogP contribution in [-0.4, -0.2) is 69.6 Å². The lowest BCUT2D eigenvalue weighted by Crippen LogP contribution is -2.48. The summed E-state index contributed by atoms with van der Waals surface area (Å²) >= 11 is 0. The first-order valence-electron chi connectivity index (χ1n) is 10.8. The number of esters is 1. The molecule has 0 aromatic rings. The number of aliphatic hydroxyl groups is 2. The maximum absolute atomic E-state index is 11.0. The molecule has 2 N–H and O–H groups in total. The summed E-state index contributed by atoms with van der Waals surface area (Å²) < 4.78 is 24.1. The molecule has 0 aliphatic carbocycles. The monoisotopic (exact) mass is 414 g/mol. The number of rotatable bonds is 6. The second-order valence-electron chi connectivity index (χ2n) is 10.3. The molecule has 0 unspecified atom stereocenters. The van der Waals surface area contributed by atoms with Crippen LogP contribution in [0.5, 0.6) is 0 Å². The van der Waals surface area contributed by atoms with Gasteiger partial charge in [0.15, 0.2) is 0 Å². The minimum atomic E-state index is -0.875. The summed E-state index contributed by atoms with van der Waals surface area (Å²) in [5.74, 6) is -0.412. The molecule has 7 atom stereocenters. The van der Waals surface area contributed by atoms with Crippen molar-refractivity contribution in [3.8, 4) is 0 Å². The van der Waals surface area contributed by atoms with Crippen LogP contribution in [-0.2, 0) is 23.7 Å². The fourth-order valence-electron chi connectivity index (χ4n) is 5.03. The van der Waals surface area contributed by atoms with E-state index in [0.29, 0.717) is 6.42 Å². The Morgan fingerprint density at radius 1 is 1.03 bits per heavy atom. The summed E-state index contributed by atoms with van der Waals surface area (Å²) in [5, 5.41) is 20.8. The normalized spacial score (nSPS) is 44.2. The van der Waals surface area contributed by atoms with Crippen molar-refractivity contribution in [2.45, 2.75) is 127 Å². The van der Waals surface area contributed by atoms with E-state index in [-0.39, 0.29) is 24.9 Å². The van der Waals surface area contributed by atoms with Crippen LogP contribution in [0.2, 0.25) is 0 Å². The molecule has 3 rings (SSSR count). The summed E-state index contributed by atoms with van der Waals surface area (Å²) in [5.41, 5.74) is -2.50. The topological polar surface area (TPSA) is 94.5 Å². The Balaban J connectivity index is 1.61. The highest BCUT2D eigenvalue weighted by Gasteiger charge is 2.56.